The van der Waals surface area contributed by atoms with Crippen LogP contribution in [0.5, 0.6) is 0 Å². The van der Waals surface area contributed by atoms with Crippen LogP contribution in [0.15, 0.2) is 60.8 Å². The maximum absolute atomic E-state index is 12.2. The third-order valence-corrected chi connectivity index (χ3v) is 4.29. The average Bonchev–Trinajstić information content (AvgIpc) is 2.97. The minimum Gasteiger partial charge on any atom is -0.465 e. The van der Waals surface area contributed by atoms with Gasteiger partial charge in [-0.15, -0.1) is 0 Å². The van der Waals surface area contributed by atoms with E-state index in [1.165, 1.54) is 7.11 Å². The standard InChI is InChI=1S/C20H16N2O2/c1-22-12-16(14-8-4-6-10-19(14)22)18-11-15(20(23)24-2)13-7-3-5-9-17(13)21-18/h3-12H,1-2H3. The lowest BCUT2D eigenvalue weighted by Gasteiger charge is -2.08. The van der Waals surface area contributed by atoms with Crippen molar-refractivity contribution in [3.8, 4) is 11.3 Å². The molecular weight excluding hydrogens is 300 g/mol. The molecule has 0 unspecified atom stereocenters. The average molecular weight is 316 g/mol. The fourth-order valence-corrected chi connectivity index (χ4v) is 3.14. The molecule has 0 N–H and O–H groups in total. The number of benzene rings is 2. The van der Waals surface area contributed by atoms with E-state index in [0.717, 1.165) is 33.1 Å². The molecule has 4 nitrogen and oxygen atoms in total. The number of fused-ring (bicyclic) bond motifs is 2. The number of nitrogens with zero attached hydrogens (tertiary/aromatic N) is 2. The lowest BCUT2D eigenvalue weighted by Crippen LogP contribution is -2.03. The first-order chi connectivity index (χ1) is 11.7. The first-order valence-electron chi connectivity index (χ1n) is 7.71. The van der Waals surface area contributed by atoms with Crippen LogP contribution in [0.1, 0.15) is 10.4 Å². The third-order valence-electron chi connectivity index (χ3n) is 4.29. The van der Waals surface area contributed by atoms with E-state index in [0.29, 0.717) is 5.56 Å². The highest BCUT2D eigenvalue weighted by atomic mass is 16.5. The Labute approximate surface area is 139 Å². The van der Waals surface area contributed by atoms with E-state index in [9.17, 15) is 4.79 Å². The van der Waals surface area contributed by atoms with Gasteiger partial charge in [-0.1, -0.05) is 36.4 Å². The summed E-state index contributed by atoms with van der Waals surface area (Å²) >= 11 is 0. The molecule has 0 saturated carbocycles. The SMILES string of the molecule is COC(=O)c1cc(-c2cn(C)c3ccccc23)nc2ccccc12. The van der Waals surface area contributed by atoms with Crippen LogP contribution in [-0.4, -0.2) is 22.6 Å². The number of ether oxygens (including phenoxy) is 1. The van der Waals surface area contributed by atoms with Gasteiger partial charge in [0.25, 0.3) is 0 Å². The van der Waals surface area contributed by atoms with Gasteiger partial charge in [0, 0.05) is 35.1 Å². The van der Waals surface area contributed by atoms with E-state index < -0.39 is 0 Å². The van der Waals surface area contributed by atoms with Crippen LogP contribution in [0.25, 0.3) is 33.1 Å². The fraction of sp³-hybridized carbons (Fsp3) is 0.100. The van der Waals surface area contributed by atoms with Crippen molar-refractivity contribution >= 4 is 27.8 Å². The Balaban J connectivity index is 2.05. The van der Waals surface area contributed by atoms with Crippen LogP contribution in [0.4, 0.5) is 0 Å². The van der Waals surface area contributed by atoms with Gasteiger partial charge in [0.05, 0.1) is 23.9 Å². The molecule has 4 rings (SSSR count). The van der Waals surface area contributed by atoms with Gasteiger partial charge < -0.3 is 9.30 Å². The number of carbonyl (C=O) groups is 1. The maximum atomic E-state index is 12.2. The number of methoxy groups -OCH3 is 1. The smallest absolute Gasteiger partial charge is 0.338 e. The van der Waals surface area contributed by atoms with Crippen LogP contribution in [0, 0.1) is 0 Å². The van der Waals surface area contributed by atoms with E-state index in [1.807, 2.05) is 55.7 Å². The van der Waals surface area contributed by atoms with Gasteiger partial charge in [0.1, 0.15) is 0 Å². The summed E-state index contributed by atoms with van der Waals surface area (Å²) in [6.07, 6.45) is 2.04. The number of carbonyl (C=O) groups excluding carboxylic acids is 1. The van der Waals surface area contributed by atoms with E-state index in [1.54, 1.807) is 0 Å². The molecule has 0 radical (unpaired) electrons. The Bertz CT molecular complexity index is 1080. The van der Waals surface area contributed by atoms with Gasteiger partial charge >= 0.3 is 5.97 Å². The normalized spacial score (nSPS) is 11.1. The van der Waals surface area contributed by atoms with Crippen LogP contribution in [0.2, 0.25) is 0 Å². The van der Waals surface area contributed by atoms with Crippen molar-refractivity contribution in [3.05, 3.63) is 66.4 Å². The Morgan fingerprint density at radius 2 is 1.75 bits per heavy atom. The molecule has 0 amide bonds. The molecule has 0 bridgehead atoms. The Morgan fingerprint density at radius 3 is 2.54 bits per heavy atom. The largest absolute Gasteiger partial charge is 0.465 e. The fourth-order valence-electron chi connectivity index (χ4n) is 3.14. The van der Waals surface area contributed by atoms with E-state index in [-0.39, 0.29) is 5.97 Å². The minimum atomic E-state index is -0.352. The predicted octanol–water partition coefficient (Wildman–Crippen LogP) is 4.18. The van der Waals surface area contributed by atoms with Crippen LogP contribution < -0.4 is 0 Å². The number of para-hydroxylation sites is 2. The highest BCUT2D eigenvalue weighted by molar-refractivity contribution is 6.06. The highest BCUT2D eigenvalue weighted by Crippen LogP contribution is 2.31. The van der Waals surface area contributed by atoms with Crippen molar-refractivity contribution in [2.45, 2.75) is 0 Å². The number of hydrogen-bond donors (Lipinski definition) is 0. The number of hydrogen-bond acceptors (Lipinski definition) is 3. The topological polar surface area (TPSA) is 44.1 Å². The summed E-state index contributed by atoms with van der Waals surface area (Å²) in [5.74, 6) is -0.352. The quantitative estimate of drug-likeness (QED) is 0.521. The number of rotatable bonds is 2. The molecular formula is C20H16N2O2. The molecule has 118 valence electrons. The lowest BCUT2D eigenvalue weighted by molar-refractivity contribution is 0.0603. The Morgan fingerprint density at radius 1 is 1.04 bits per heavy atom. The molecule has 2 aromatic carbocycles. The van der Waals surface area contributed by atoms with E-state index in [4.69, 9.17) is 9.72 Å². The number of aromatic nitrogens is 2. The van der Waals surface area contributed by atoms with Crippen molar-refractivity contribution in [1.82, 2.24) is 9.55 Å². The molecule has 0 atom stereocenters. The predicted molar refractivity (Wildman–Crippen MR) is 95.0 cm³/mol. The number of aryl methyl sites for hydroxylation is 1. The van der Waals surface area contributed by atoms with Gasteiger partial charge in [0.15, 0.2) is 0 Å². The maximum Gasteiger partial charge on any atom is 0.338 e. The number of esters is 1. The van der Waals surface area contributed by atoms with Crippen LogP contribution >= 0.6 is 0 Å². The van der Waals surface area contributed by atoms with Gasteiger partial charge in [-0.05, 0) is 18.2 Å². The van der Waals surface area contributed by atoms with E-state index in [2.05, 4.69) is 16.7 Å². The van der Waals surface area contributed by atoms with Crippen molar-refractivity contribution in [3.63, 3.8) is 0 Å². The van der Waals surface area contributed by atoms with Crippen LogP contribution in [0.3, 0.4) is 0 Å². The zero-order valence-electron chi connectivity index (χ0n) is 13.5. The second kappa shape index (κ2) is 5.49. The molecule has 0 aliphatic heterocycles. The molecule has 2 heterocycles. The molecule has 0 fully saturated rings. The number of pyridine rings is 1. The van der Waals surface area contributed by atoms with Crippen molar-refractivity contribution in [1.29, 1.82) is 0 Å². The molecule has 0 saturated heterocycles. The second-order valence-electron chi connectivity index (χ2n) is 5.73. The third kappa shape index (κ3) is 2.15. The molecule has 4 aromatic rings. The summed E-state index contributed by atoms with van der Waals surface area (Å²) in [4.78, 5) is 17.0. The first kappa shape index (κ1) is 14.5. The Kier molecular flexibility index (Phi) is 3.31. The van der Waals surface area contributed by atoms with Gasteiger partial charge in [0.2, 0.25) is 0 Å². The first-order valence-corrected chi connectivity index (χ1v) is 7.71. The summed E-state index contributed by atoms with van der Waals surface area (Å²) in [5, 5.41) is 1.91. The van der Waals surface area contributed by atoms with Crippen molar-refractivity contribution in [2.24, 2.45) is 7.05 Å². The van der Waals surface area contributed by atoms with Gasteiger partial charge in [-0.2, -0.15) is 0 Å². The van der Waals surface area contributed by atoms with Gasteiger partial charge in [-0.25, -0.2) is 9.78 Å². The minimum absolute atomic E-state index is 0.352. The van der Waals surface area contributed by atoms with Crippen LogP contribution in [-0.2, 0) is 11.8 Å². The van der Waals surface area contributed by atoms with Gasteiger partial charge in [-0.3, -0.25) is 0 Å². The zero-order chi connectivity index (χ0) is 16.7. The molecule has 24 heavy (non-hydrogen) atoms. The summed E-state index contributed by atoms with van der Waals surface area (Å²) in [6, 6.07) is 17.6. The second-order valence-corrected chi connectivity index (χ2v) is 5.73. The highest BCUT2D eigenvalue weighted by Gasteiger charge is 2.16. The Hall–Kier alpha value is -3.14. The monoisotopic (exact) mass is 316 g/mol. The lowest BCUT2D eigenvalue weighted by atomic mass is 10.0. The molecule has 2 aromatic heterocycles. The molecule has 0 aliphatic carbocycles. The molecule has 0 spiro atoms. The van der Waals surface area contributed by atoms with E-state index >= 15 is 0 Å². The summed E-state index contributed by atoms with van der Waals surface area (Å²) in [5.41, 5.74) is 4.21. The summed E-state index contributed by atoms with van der Waals surface area (Å²) in [6.45, 7) is 0. The summed E-state index contributed by atoms with van der Waals surface area (Å²) in [7, 11) is 3.41. The molecule has 0 aliphatic rings. The zero-order valence-corrected chi connectivity index (χ0v) is 13.5. The van der Waals surface area contributed by atoms with Crippen molar-refractivity contribution in [2.75, 3.05) is 7.11 Å². The summed E-state index contributed by atoms with van der Waals surface area (Å²) < 4.78 is 7.02. The molecule has 4 heteroatoms. The van der Waals surface area contributed by atoms with Crippen molar-refractivity contribution < 1.29 is 9.53 Å².